The predicted molar refractivity (Wildman–Crippen MR) is 423 cm³/mol. The van der Waals surface area contributed by atoms with Gasteiger partial charge in [0.25, 0.3) is 0 Å². The Morgan fingerprint density at radius 2 is 0.847 bits per heavy atom. The molecule has 2 fully saturated rings. The van der Waals surface area contributed by atoms with E-state index in [1.54, 1.807) is 49.1 Å². The quantitative estimate of drug-likeness (QED) is 0.0219. The lowest BCUT2D eigenvalue weighted by Crippen LogP contribution is -2.19. The van der Waals surface area contributed by atoms with Crippen molar-refractivity contribution in [3.05, 3.63) is 248 Å². The summed E-state index contributed by atoms with van der Waals surface area (Å²) in [6.07, 6.45) is -3.12. The first-order valence-corrected chi connectivity index (χ1v) is 38.7. The molecule has 0 amide bonds. The van der Waals surface area contributed by atoms with Crippen molar-refractivity contribution in [1.29, 1.82) is 0 Å². The fourth-order valence-corrected chi connectivity index (χ4v) is 12.9. The molecule has 0 radical (unpaired) electrons. The van der Waals surface area contributed by atoms with E-state index >= 15 is 0 Å². The fourth-order valence-electron chi connectivity index (χ4n) is 11.6. The number of carboxylic acids is 1. The number of pyridine rings is 2. The third kappa shape index (κ3) is 29.5. The van der Waals surface area contributed by atoms with Crippen LogP contribution in [0.25, 0.3) is 43.6 Å². The maximum atomic E-state index is 13.3. The molecule has 0 bridgehead atoms. The van der Waals surface area contributed by atoms with Gasteiger partial charge >= 0.3 is 61.8 Å². The number of fused-ring (bicyclic) bond motifs is 4. The number of rotatable bonds is 24. The van der Waals surface area contributed by atoms with Gasteiger partial charge in [0, 0.05) is 70.8 Å². The van der Waals surface area contributed by atoms with Crippen molar-refractivity contribution < 1.29 is 154 Å². The first kappa shape index (κ1) is 100. The molecule has 2 atom stereocenters. The minimum absolute atomic E-state index is 0. The van der Waals surface area contributed by atoms with E-state index in [1.807, 2.05) is 0 Å². The van der Waals surface area contributed by atoms with Gasteiger partial charge in [0.15, 0.2) is 47.8 Å². The number of carbonyl (C=O) groups excluding carboxylic acids is 3. The Balaban J connectivity index is 0.000000221. The van der Waals surface area contributed by atoms with E-state index in [0.29, 0.717) is 84.5 Å². The normalized spacial score (nSPS) is 13.0. The molecule has 6 aromatic heterocycles. The highest BCUT2D eigenvalue weighted by Crippen LogP contribution is 2.42. The summed E-state index contributed by atoms with van der Waals surface area (Å²) in [6, 6.07) is 28.7. The van der Waals surface area contributed by atoms with Crippen molar-refractivity contribution in [2.24, 2.45) is 11.8 Å². The van der Waals surface area contributed by atoms with Crippen LogP contribution in [-0.2, 0) is 90.6 Å². The number of aliphatic hydroxyl groups excluding tert-OH is 1. The van der Waals surface area contributed by atoms with Gasteiger partial charge in [-0.2, -0.15) is 70.2 Å². The molecule has 7 N–H and O–H groups in total. The first-order valence-electron chi connectivity index (χ1n) is 36.1. The number of benzene rings is 6. The van der Waals surface area contributed by atoms with Gasteiger partial charge in [0.05, 0.1) is 55.8 Å². The molecule has 21 nitrogen and oxygen atoms in total. The number of aliphatic hydroxyl groups is 1. The molecule has 14 rings (SSSR count). The Kier molecular flexibility index (Phi) is 36.2. The van der Waals surface area contributed by atoms with Gasteiger partial charge in [0.2, 0.25) is 0 Å². The Labute approximate surface area is 721 Å². The highest BCUT2D eigenvalue weighted by atomic mass is 79.9. The average Bonchev–Trinajstić information content (AvgIpc) is 1.22. The van der Waals surface area contributed by atoms with Gasteiger partial charge in [-0.05, 0) is 167 Å². The van der Waals surface area contributed by atoms with E-state index < -0.39 is 96.8 Å². The first-order chi connectivity index (χ1) is 57.6. The Bertz CT molecular complexity index is 5540. The number of halogens is 21. The highest BCUT2D eigenvalue weighted by molar-refractivity contribution is 9.09. The molecule has 0 aliphatic heterocycles. The number of aromatic amines is 3. The van der Waals surface area contributed by atoms with Crippen LogP contribution >= 0.6 is 62.3 Å². The number of aromatic nitrogens is 6. The van der Waals surface area contributed by atoms with Crippen LogP contribution in [0.2, 0.25) is 20.1 Å². The summed E-state index contributed by atoms with van der Waals surface area (Å²) in [5.74, 6) is -1.85. The van der Waals surface area contributed by atoms with Gasteiger partial charge < -0.3 is 73.0 Å². The number of carboxylic acid groups (broad SMARTS) is 1. The molecule has 0 unspecified atom stereocenters. The Hall–Kier alpha value is -10.7. The summed E-state index contributed by atoms with van der Waals surface area (Å²) in [5.41, 5.74) is 0.260. The van der Waals surface area contributed by atoms with Crippen LogP contribution in [-0.4, -0.2) is 110 Å². The SMILES string of the molecule is COC(=O)CBr.COC(=O)Cn1ccc2ccc(C(F)(F)F)cc21.FC(F)(F)c1ccc2cc[nH]c2c1.O=C(Cn1ccc2ccc(C(F)(F)F)cc21)O[C@@H](Cc1c(Cl)c[nH+]cc1Cl)c1ccc(OC(F)F)c(OCC2CC2)c1.O=C(O)Cn1ccc2ccc(C(F)(F)F)cc21.O[C@@H](Cc1c(Cl)c[nH+]cc1Cl)c1ccc(OC(F)F)c(OCC2CC2)c1.[OH-].[OH-]. The number of H-pyrrole nitrogens is 3. The van der Waals surface area contributed by atoms with Gasteiger partial charge in [0.1, 0.15) is 51.2 Å². The lowest BCUT2D eigenvalue weighted by Gasteiger charge is -2.21. The maximum absolute atomic E-state index is 13.3. The minimum atomic E-state index is -4.56. The van der Waals surface area contributed by atoms with E-state index in [1.165, 1.54) is 113 Å². The lowest BCUT2D eigenvalue weighted by atomic mass is 10.0. The van der Waals surface area contributed by atoms with E-state index in [4.69, 9.17) is 65.7 Å². The molecule has 6 heterocycles. The summed E-state index contributed by atoms with van der Waals surface area (Å²) in [5, 5.41) is 23.3. The average molecular weight is 1910 g/mol. The smallest absolute Gasteiger partial charge is 0.416 e. The zero-order valence-electron chi connectivity index (χ0n) is 64.3. The topological polar surface area (TPSA) is 292 Å². The zero-order valence-corrected chi connectivity index (χ0v) is 68.9. The van der Waals surface area contributed by atoms with E-state index in [9.17, 15) is 94.5 Å². The number of aliphatic carboxylic acids is 1. The van der Waals surface area contributed by atoms with Crippen LogP contribution in [0, 0.1) is 11.8 Å². The number of methoxy groups -OCH3 is 2. The summed E-state index contributed by atoms with van der Waals surface area (Å²) in [6.45, 7) is -6.16. The zero-order chi connectivity index (χ0) is 89.1. The standard InChI is InChI=1S/C29H23Cl2F5N2O4.C18H17Cl2F2NO3.C12H10F3NO2.C11H8F3NO2.C9H6F3N.C3H5BrO2.2H2O/c30-21-12-37-13-22(31)20(21)11-25(18-4-6-24(42-28(32)33)26(9-18)40-15-16-1-2-16)41-27(39)14-38-8-7-17-3-5-19(10-23(17)38)29(34,35)36;19-13-7-23-8-14(20)12(13)6-15(24)11-3-4-16(26-18(21)22)17(5-11)25-9-10-1-2-10;1-18-11(17)7-16-5-4-8-2-3-9(6-10(8)16)12(13,14)15;12-11(13,14)8-2-1-7-3-4-15(6-10(16)17)9(7)5-8;10-9(11,12)7-2-1-6-3-4-13-8(6)5-7;1-6-3(5)2-4;;/h3-10,12-13,16,25,28H,1-2,11,14-15H2;3-5,7-8,10,15,18,24H,1-2,6,9H2;2-6H,7H2,1H3;1-5H,6H2,(H,16,17);1-5,13H;2H2,1H3;2*1H2/t25-;15-;;;;;;/m00....../s1. The molecule has 2 aliphatic carbocycles. The van der Waals surface area contributed by atoms with Crippen LogP contribution in [0.4, 0.5) is 70.2 Å². The number of nitrogens with zero attached hydrogens (tertiary/aromatic N) is 3. The van der Waals surface area contributed by atoms with Crippen molar-refractivity contribution in [3.63, 3.8) is 0 Å². The molecule has 668 valence electrons. The molecule has 2 saturated carbocycles. The molecular formula is C82H73BrCl4F16N6O15. The van der Waals surface area contributed by atoms with Crippen molar-refractivity contribution in [2.45, 2.75) is 108 Å². The number of esters is 3. The Morgan fingerprint density at radius 1 is 0.476 bits per heavy atom. The number of hydrogen-bond donors (Lipinski definition) is 3. The second-order valence-corrected chi connectivity index (χ2v) is 29.1. The van der Waals surface area contributed by atoms with Crippen LogP contribution < -0.4 is 28.9 Å². The molecule has 0 spiro atoms. The summed E-state index contributed by atoms with van der Waals surface area (Å²) in [4.78, 5) is 53.1. The number of nitrogens with one attached hydrogen (secondary N) is 3. The lowest BCUT2D eigenvalue weighted by molar-refractivity contribution is -0.378. The van der Waals surface area contributed by atoms with Crippen LogP contribution in [0.15, 0.2) is 183 Å². The number of carbonyl (C=O) groups is 4. The van der Waals surface area contributed by atoms with Gasteiger partial charge in [-0.25, -0.2) is 9.97 Å². The fraction of sp³-hybridized carbons (Fsp3) is 0.293. The van der Waals surface area contributed by atoms with Crippen molar-refractivity contribution >= 4 is 130 Å². The molecule has 2 aliphatic rings. The Morgan fingerprint density at radius 3 is 1.22 bits per heavy atom. The van der Waals surface area contributed by atoms with Gasteiger partial charge in [-0.3, -0.25) is 19.2 Å². The van der Waals surface area contributed by atoms with Crippen LogP contribution in [0.3, 0.4) is 0 Å². The van der Waals surface area contributed by atoms with Crippen LogP contribution in [0.1, 0.15) is 82.4 Å². The third-order valence-electron chi connectivity index (χ3n) is 18.2. The minimum Gasteiger partial charge on any atom is -0.870 e. The molecular weight excluding hydrogens is 1830 g/mol. The summed E-state index contributed by atoms with van der Waals surface area (Å²) < 4.78 is 242. The molecule has 12 aromatic rings. The summed E-state index contributed by atoms with van der Waals surface area (Å²) in [7, 11) is 2.58. The largest absolute Gasteiger partial charge is 0.870 e. The van der Waals surface area contributed by atoms with E-state index in [2.05, 4.69) is 49.8 Å². The molecule has 42 heteroatoms. The monoisotopic (exact) mass is 1900 g/mol. The molecule has 124 heavy (non-hydrogen) atoms. The third-order valence-corrected chi connectivity index (χ3v) is 20.0. The highest BCUT2D eigenvalue weighted by Gasteiger charge is 2.35. The second kappa shape index (κ2) is 44.7. The molecule has 0 saturated heterocycles. The maximum Gasteiger partial charge on any atom is 0.416 e. The second-order valence-electron chi connectivity index (χ2n) is 26.9. The van der Waals surface area contributed by atoms with Crippen molar-refractivity contribution in [3.8, 4) is 23.0 Å². The number of ether oxygens (including phenoxy) is 7. The van der Waals surface area contributed by atoms with E-state index in [-0.39, 0.29) is 92.3 Å². The van der Waals surface area contributed by atoms with Gasteiger partial charge in [-0.1, -0.05) is 98.7 Å². The van der Waals surface area contributed by atoms with Crippen LogP contribution in [0.5, 0.6) is 23.0 Å². The van der Waals surface area contributed by atoms with Gasteiger partial charge in [-0.15, -0.1) is 0 Å². The summed E-state index contributed by atoms with van der Waals surface area (Å²) >= 11 is 27.8. The predicted octanol–water partition coefficient (Wildman–Crippen LogP) is 21.1. The van der Waals surface area contributed by atoms with E-state index in [0.717, 1.165) is 79.6 Å². The van der Waals surface area contributed by atoms with Crippen molar-refractivity contribution in [2.75, 3.05) is 32.8 Å². The molecule has 6 aromatic carbocycles. The number of alkyl halides is 17. The van der Waals surface area contributed by atoms with Crippen molar-refractivity contribution in [1.82, 2.24) is 18.7 Å². The number of hydrogen-bond acceptors (Lipinski definition) is 14.